The standard InChI is InChI=1S/C68H131NO5/c1-3-5-7-9-11-13-15-17-18-30-33-37-40-44-48-52-56-60-66(71)65(64-70)69-67(72)61-57-53-49-45-41-38-34-31-28-26-24-22-20-19-21-23-25-27-29-32-35-39-43-47-51-55-59-63-74-68(73)62-58-54-50-46-42-36-16-14-12-10-8-6-4-2/h19-20,56,60,65-66,70-71H,3-18,21-55,57-59,61-64H2,1-2H3,(H,69,72)/b20-19-,60-56+. The van der Waals surface area contributed by atoms with Crippen LogP contribution >= 0.6 is 0 Å². The molecule has 0 aromatic heterocycles. The zero-order valence-corrected chi connectivity index (χ0v) is 50.1. The molecule has 0 aromatic rings. The molecule has 0 aliphatic rings. The van der Waals surface area contributed by atoms with E-state index in [0.29, 0.717) is 19.4 Å². The van der Waals surface area contributed by atoms with E-state index in [1.54, 1.807) is 6.08 Å². The van der Waals surface area contributed by atoms with Gasteiger partial charge in [0.1, 0.15) is 0 Å². The Morgan fingerprint density at radius 1 is 0.365 bits per heavy atom. The van der Waals surface area contributed by atoms with Gasteiger partial charge in [0, 0.05) is 12.8 Å². The third-order valence-electron chi connectivity index (χ3n) is 15.7. The average molecular weight is 1040 g/mol. The molecule has 0 heterocycles. The van der Waals surface area contributed by atoms with Gasteiger partial charge in [-0.1, -0.05) is 327 Å². The van der Waals surface area contributed by atoms with Crippen LogP contribution in [0.25, 0.3) is 0 Å². The van der Waals surface area contributed by atoms with Gasteiger partial charge in [0.05, 0.1) is 25.4 Å². The van der Waals surface area contributed by atoms with Crippen molar-refractivity contribution >= 4 is 11.9 Å². The first-order valence-corrected chi connectivity index (χ1v) is 33.6. The lowest BCUT2D eigenvalue weighted by Crippen LogP contribution is -2.45. The Labute approximate surface area is 462 Å². The summed E-state index contributed by atoms with van der Waals surface area (Å²) in [7, 11) is 0. The quantitative estimate of drug-likeness (QED) is 0.0320. The van der Waals surface area contributed by atoms with Crippen LogP contribution in [0.4, 0.5) is 0 Å². The van der Waals surface area contributed by atoms with E-state index in [1.165, 1.54) is 308 Å². The number of ether oxygens (including phenoxy) is 1. The maximum absolute atomic E-state index is 12.5. The number of amides is 1. The summed E-state index contributed by atoms with van der Waals surface area (Å²) in [4.78, 5) is 24.5. The SMILES string of the molecule is CCCCCCCCCCCCCCCCC/C=C/C(O)C(CO)NC(=O)CCCCCCCCCCCCC/C=C\CCCCCCCCCCCCCCOC(=O)CCCCCCCCCCCCCCC. The molecule has 6 heteroatoms. The first-order chi connectivity index (χ1) is 36.5. The van der Waals surface area contributed by atoms with E-state index in [-0.39, 0.29) is 18.5 Å². The van der Waals surface area contributed by atoms with E-state index >= 15 is 0 Å². The highest BCUT2D eigenvalue weighted by Crippen LogP contribution is 2.18. The van der Waals surface area contributed by atoms with Crippen molar-refractivity contribution < 1.29 is 24.5 Å². The Morgan fingerprint density at radius 2 is 0.635 bits per heavy atom. The smallest absolute Gasteiger partial charge is 0.305 e. The molecule has 2 unspecified atom stereocenters. The van der Waals surface area contributed by atoms with Gasteiger partial charge >= 0.3 is 5.97 Å². The molecule has 0 saturated carbocycles. The number of carbonyl (C=O) groups is 2. The molecule has 74 heavy (non-hydrogen) atoms. The van der Waals surface area contributed by atoms with Crippen molar-refractivity contribution in [3.05, 3.63) is 24.3 Å². The van der Waals surface area contributed by atoms with Gasteiger partial charge in [0.2, 0.25) is 5.91 Å². The van der Waals surface area contributed by atoms with Gasteiger partial charge in [-0.2, -0.15) is 0 Å². The number of hydrogen-bond acceptors (Lipinski definition) is 5. The second-order valence-electron chi connectivity index (χ2n) is 23.2. The number of allylic oxidation sites excluding steroid dienone is 3. The molecular weight excluding hydrogens is 911 g/mol. The maximum Gasteiger partial charge on any atom is 0.305 e. The predicted molar refractivity (Wildman–Crippen MR) is 324 cm³/mol. The van der Waals surface area contributed by atoms with Crippen molar-refractivity contribution in [3.8, 4) is 0 Å². The number of nitrogens with one attached hydrogen (secondary N) is 1. The minimum Gasteiger partial charge on any atom is -0.466 e. The van der Waals surface area contributed by atoms with Gasteiger partial charge < -0.3 is 20.3 Å². The molecule has 0 radical (unpaired) electrons. The highest BCUT2D eigenvalue weighted by Gasteiger charge is 2.18. The molecule has 0 bridgehead atoms. The zero-order chi connectivity index (χ0) is 53.6. The first kappa shape index (κ1) is 72.3. The fraction of sp³-hybridized carbons (Fsp3) is 0.912. The minimum atomic E-state index is -0.845. The topological polar surface area (TPSA) is 95.9 Å². The molecule has 6 nitrogen and oxygen atoms in total. The molecule has 0 aliphatic carbocycles. The van der Waals surface area contributed by atoms with Crippen molar-refractivity contribution in [1.29, 1.82) is 0 Å². The summed E-state index contributed by atoms with van der Waals surface area (Å²) in [5.74, 6) is -0.0492. The Kier molecular flexibility index (Phi) is 62.4. The second-order valence-corrected chi connectivity index (χ2v) is 23.2. The number of hydrogen-bond donors (Lipinski definition) is 3. The number of carbonyl (C=O) groups excluding carboxylic acids is 2. The van der Waals surface area contributed by atoms with Gasteiger partial charge in [0.25, 0.3) is 0 Å². The number of aliphatic hydroxyl groups excluding tert-OH is 2. The molecule has 438 valence electrons. The van der Waals surface area contributed by atoms with Crippen LogP contribution in [-0.2, 0) is 14.3 Å². The fourth-order valence-electron chi connectivity index (χ4n) is 10.6. The third-order valence-corrected chi connectivity index (χ3v) is 15.7. The lowest BCUT2D eigenvalue weighted by Gasteiger charge is -2.20. The van der Waals surface area contributed by atoms with Crippen LogP contribution < -0.4 is 5.32 Å². The van der Waals surface area contributed by atoms with Crippen LogP contribution in [0.2, 0.25) is 0 Å². The Morgan fingerprint density at radius 3 is 0.959 bits per heavy atom. The predicted octanol–water partition coefficient (Wildman–Crippen LogP) is 21.4. The molecule has 0 fully saturated rings. The van der Waals surface area contributed by atoms with Gasteiger partial charge in [-0.25, -0.2) is 0 Å². The van der Waals surface area contributed by atoms with Crippen molar-refractivity contribution in [2.45, 2.75) is 386 Å². The minimum absolute atomic E-state index is 0.0168. The molecule has 2 atom stereocenters. The Hall–Kier alpha value is -1.66. The van der Waals surface area contributed by atoms with Crippen LogP contribution in [-0.4, -0.2) is 47.4 Å². The maximum atomic E-state index is 12.5. The van der Waals surface area contributed by atoms with Crippen molar-refractivity contribution in [2.75, 3.05) is 13.2 Å². The second kappa shape index (κ2) is 63.9. The highest BCUT2D eigenvalue weighted by molar-refractivity contribution is 5.76. The summed E-state index contributed by atoms with van der Waals surface area (Å²) in [6, 6.07) is -0.628. The van der Waals surface area contributed by atoms with Gasteiger partial charge in [-0.05, 0) is 57.8 Å². The van der Waals surface area contributed by atoms with Crippen LogP contribution in [0.3, 0.4) is 0 Å². The molecule has 0 spiro atoms. The van der Waals surface area contributed by atoms with Crippen LogP contribution in [0.15, 0.2) is 24.3 Å². The molecular formula is C68H131NO5. The van der Waals surface area contributed by atoms with E-state index < -0.39 is 12.1 Å². The zero-order valence-electron chi connectivity index (χ0n) is 50.1. The summed E-state index contributed by atoms with van der Waals surface area (Å²) in [5, 5.41) is 23.2. The monoisotopic (exact) mass is 1040 g/mol. The number of esters is 1. The summed E-state index contributed by atoms with van der Waals surface area (Å²) < 4.78 is 5.48. The summed E-state index contributed by atoms with van der Waals surface area (Å²) in [6.45, 7) is 4.93. The number of aliphatic hydroxyl groups is 2. The molecule has 0 aliphatic heterocycles. The normalized spacial score (nSPS) is 12.6. The van der Waals surface area contributed by atoms with Gasteiger partial charge in [0.15, 0.2) is 0 Å². The van der Waals surface area contributed by atoms with Crippen molar-refractivity contribution in [3.63, 3.8) is 0 Å². The Bertz CT molecular complexity index is 1150. The first-order valence-electron chi connectivity index (χ1n) is 33.6. The molecule has 0 rings (SSSR count). The van der Waals surface area contributed by atoms with E-state index in [9.17, 15) is 19.8 Å². The molecule has 0 saturated heterocycles. The summed E-state index contributed by atoms with van der Waals surface area (Å²) in [5.41, 5.74) is 0. The van der Waals surface area contributed by atoms with Crippen LogP contribution in [0.1, 0.15) is 373 Å². The third kappa shape index (κ3) is 59.6. The number of rotatable bonds is 63. The lowest BCUT2D eigenvalue weighted by molar-refractivity contribution is -0.143. The number of unbranched alkanes of at least 4 members (excludes halogenated alkanes) is 50. The van der Waals surface area contributed by atoms with E-state index in [4.69, 9.17) is 4.74 Å². The Balaban J connectivity index is 3.40. The van der Waals surface area contributed by atoms with E-state index in [0.717, 1.165) is 38.5 Å². The van der Waals surface area contributed by atoms with Crippen molar-refractivity contribution in [2.24, 2.45) is 0 Å². The molecule has 1 amide bonds. The largest absolute Gasteiger partial charge is 0.466 e. The van der Waals surface area contributed by atoms with Crippen molar-refractivity contribution in [1.82, 2.24) is 5.32 Å². The molecule has 3 N–H and O–H groups in total. The molecule has 0 aromatic carbocycles. The van der Waals surface area contributed by atoms with Crippen LogP contribution in [0.5, 0.6) is 0 Å². The van der Waals surface area contributed by atoms with Crippen LogP contribution in [0, 0.1) is 0 Å². The van der Waals surface area contributed by atoms with Gasteiger partial charge in [-0.3, -0.25) is 9.59 Å². The lowest BCUT2D eigenvalue weighted by atomic mass is 10.0. The average Bonchev–Trinajstić information content (AvgIpc) is 3.40. The highest BCUT2D eigenvalue weighted by atomic mass is 16.5. The summed E-state index contributed by atoms with van der Waals surface area (Å²) >= 11 is 0. The van der Waals surface area contributed by atoms with Gasteiger partial charge in [-0.15, -0.1) is 0 Å². The van der Waals surface area contributed by atoms with E-state index in [1.807, 2.05) is 6.08 Å². The summed E-state index contributed by atoms with van der Waals surface area (Å²) in [6.07, 6.45) is 79.5. The van der Waals surface area contributed by atoms with E-state index in [2.05, 4.69) is 31.3 Å². The fourth-order valence-corrected chi connectivity index (χ4v) is 10.6.